The molecule has 0 spiro atoms. The summed E-state index contributed by atoms with van der Waals surface area (Å²) in [4.78, 5) is 2.99. The highest BCUT2D eigenvalue weighted by atomic mass is 16.7. The van der Waals surface area contributed by atoms with E-state index in [1.54, 1.807) is 0 Å². The van der Waals surface area contributed by atoms with E-state index in [0.717, 1.165) is 16.8 Å². The lowest BCUT2D eigenvalue weighted by Crippen LogP contribution is -2.13. The minimum absolute atomic E-state index is 0.0739. The Labute approximate surface area is 88.9 Å². The number of aromatic amines is 1. The Morgan fingerprint density at radius 1 is 1.60 bits per heavy atom. The Morgan fingerprint density at radius 2 is 2.33 bits per heavy atom. The average molecular weight is 210 g/mol. The first-order chi connectivity index (χ1) is 7.09. The number of aromatic nitrogens is 1. The van der Waals surface area contributed by atoms with Gasteiger partial charge in [-0.1, -0.05) is 0 Å². The van der Waals surface area contributed by atoms with Gasteiger partial charge in [-0.15, -0.1) is 0 Å². The Kier molecular flexibility index (Phi) is 2.63. The van der Waals surface area contributed by atoms with Crippen LogP contribution in [0.4, 0.5) is 0 Å². The van der Waals surface area contributed by atoms with Crippen LogP contribution in [0.2, 0.25) is 0 Å². The van der Waals surface area contributed by atoms with Crippen LogP contribution in [-0.4, -0.2) is 11.2 Å². The molecule has 1 aliphatic rings. The number of hydrogen-bond donors (Lipinski definition) is 1. The molecule has 4 heteroatoms. The first-order valence-electron chi connectivity index (χ1n) is 5.09. The summed E-state index contributed by atoms with van der Waals surface area (Å²) >= 11 is 0. The van der Waals surface area contributed by atoms with E-state index in [0.29, 0.717) is 6.61 Å². The molecule has 2 N–H and O–H groups in total. The molecule has 1 atom stereocenters. The van der Waals surface area contributed by atoms with Crippen molar-refractivity contribution in [2.24, 2.45) is 0 Å². The lowest BCUT2D eigenvalue weighted by Gasteiger charge is -2.15. The van der Waals surface area contributed by atoms with Crippen LogP contribution in [-0.2, 0) is 16.1 Å². The third-order valence-electron chi connectivity index (χ3n) is 2.44. The van der Waals surface area contributed by atoms with Crippen LogP contribution in [0.25, 0.3) is 0 Å². The number of ether oxygens (including phenoxy) is 2. The smallest absolute Gasteiger partial charge is 0.219 e. The third-order valence-corrected chi connectivity index (χ3v) is 2.44. The van der Waals surface area contributed by atoms with E-state index in [2.05, 4.69) is 4.98 Å². The summed E-state index contributed by atoms with van der Waals surface area (Å²) in [5.41, 5.74) is 2.46. The molecule has 1 aromatic rings. The zero-order valence-electron chi connectivity index (χ0n) is 9.20. The number of nitrogens with one attached hydrogen (secondary N) is 1. The molecule has 0 radical (unpaired) electrons. The van der Waals surface area contributed by atoms with E-state index in [4.69, 9.17) is 9.47 Å². The van der Waals surface area contributed by atoms with Crippen LogP contribution in [0.3, 0.4) is 0 Å². The number of pyridine rings is 1. The highest BCUT2D eigenvalue weighted by Crippen LogP contribution is 2.38. The van der Waals surface area contributed by atoms with Crippen LogP contribution in [0.5, 0.6) is 5.75 Å². The number of aromatic hydroxyl groups is 1. The van der Waals surface area contributed by atoms with Crippen LogP contribution in [0, 0.1) is 6.92 Å². The minimum Gasteiger partial charge on any atom is -0.502 e. The van der Waals surface area contributed by atoms with Crippen LogP contribution in [0.1, 0.15) is 37.0 Å². The van der Waals surface area contributed by atoms with Gasteiger partial charge >= 0.3 is 0 Å². The molecular formula is C11H16NO3+. The maximum atomic E-state index is 9.91. The van der Waals surface area contributed by atoms with Crippen molar-refractivity contribution in [2.45, 2.75) is 39.8 Å². The lowest BCUT2D eigenvalue weighted by molar-refractivity contribution is -0.389. The van der Waals surface area contributed by atoms with Gasteiger partial charge in [-0.25, -0.2) is 4.98 Å². The second-order valence-corrected chi connectivity index (χ2v) is 4.03. The summed E-state index contributed by atoms with van der Waals surface area (Å²) in [6.45, 7) is 6.19. The van der Waals surface area contributed by atoms with Gasteiger partial charge < -0.3 is 14.6 Å². The van der Waals surface area contributed by atoms with Crippen molar-refractivity contribution in [1.29, 1.82) is 0 Å². The van der Waals surface area contributed by atoms with Crippen LogP contribution < -0.4 is 4.98 Å². The molecular weight excluding hydrogens is 194 g/mol. The Balaban J connectivity index is 2.36. The Hall–Kier alpha value is -1.13. The standard InChI is InChI=1S/C11H15NO3/c1-6(2)15-11-9-8(5-14-11)4-12-7(3)10(9)13/h4,6,11,13H,5H2,1-3H3/p+1. The Morgan fingerprint density at radius 3 is 3.00 bits per heavy atom. The normalized spacial score (nSPS) is 19.6. The van der Waals surface area contributed by atoms with Gasteiger partial charge in [0.1, 0.15) is 0 Å². The topological polar surface area (TPSA) is 52.8 Å². The van der Waals surface area contributed by atoms with Gasteiger partial charge in [0.15, 0.2) is 18.2 Å². The van der Waals surface area contributed by atoms with E-state index in [9.17, 15) is 5.11 Å². The molecule has 4 nitrogen and oxygen atoms in total. The number of aryl methyl sites for hydroxylation is 1. The van der Waals surface area contributed by atoms with Gasteiger partial charge in [0.2, 0.25) is 5.69 Å². The molecule has 0 aromatic carbocycles. The van der Waals surface area contributed by atoms with Crippen molar-refractivity contribution in [3.05, 3.63) is 23.0 Å². The molecule has 1 aromatic heterocycles. The molecule has 1 aliphatic heterocycles. The second kappa shape index (κ2) is 3.79. The number of hydrogen-bond acceptors (Lipinski definition) is 3. The van der Waals surface area contributed by atoms with E-state index >= 15 is 0 Å². The van der Waals surface area contributed by atoms with Crippen molar-refractivity contribution in [1.82, 2.24) is 0 Å². The quantitative estimate of drug-likeness (QED) is 0.804. The molecule has 1 unspecified atom stereocenters. The SMILES string of the molecule is Cc1[nH+]cc2c(c1O)C(OC(C)C)OC2. The molecule has 0 fully saturated rings. The zero-order chi connectivity index (χ0) is 11.0. The summed E-state index contributed by atoms with van der Waals surface area (Å²) in [6.07, 6.45) is 1.49. The molecule has 0 saturated heterocycles. The number of H-pyrrole nitrogens is 1. The summed E-state index contributed by atoms with van der Waals surface area (Å²) in [7, 11) is 0. The highest BCUT2D eigenvalue weighted by molar-refractivity contribution is 5.40. The summed E-state index contributed by atoms with van der Waals surface area (Å²) in [5.74, 6) is 0.246. The predicted molar refractivity (Wildman–Crippen MR) is 53.2 cm³/mol. The molecule has 0 bridgehead atoms. The molecule has 2 heterocycles. The van der Waals surface area contributed by atoms with Crippen molar-refractivity contribution in [2.75, 3.05) is 0 Å². The van der Waals surface area contributed by atoms with E-state index in [1.807, 2.05) is 27.0 Å². The highest BCUT2D eigenvalue weighted by Gasteiger charge is 2.31. The van der Waals surface area contributed by atoms with Crippen LogP contribution in [0.15, 0.2) is 6.20 Å². The van der Waals surface area contributed by atoms with Crippen molar-refractivity contribution < 1.29 is 19.6 Å². The van der Waals surface area contributed by atoms with Crippen LogP contribution >= 0.6 is 0 Å². The molecule has 2 rings (SSSR count). The summed E-state index contributed by atoms with van der Waals surface area (Å²) < 4.78 is 11.0. The summed E-state index contributed by atoms with van der Waals surface area (Å²) in [5, 5.41) is 9.91. The Bertz CT molecular complexity index is 376. The summed E-state index contributed by atoms with van der Waals surface area (Å²) in [6, 6.07) is 0. The third kappa shape index (κ3) is 1.82. The average Bonchev–Trinajstić information content (AvgIpc) is 2.55. The predicted octanol–water partition coefficient (Wildman–Crippen LogP) is 1.47. The fourth-order valence-corrected chi connectivity index (χ4v) is 1.68. The number of rotatable bonds is 2. The largest absolute Gasteiger partial charge is 0.502 e. The van der Waals surface area contributed by atoms with Gasteiger partial charge in [-0.05, 0) is 13.8 Å². The van der Waals surface area contributed by atoms with Gasteiger partial charge in [0.05, 0.1) is 23.8 Å². The van der Waals surface area contributed by atoms with E-state index in [1.165, 1.54) is 0 Å². The fraction of sp³-hybridized carbons (Fsp3) is 0.545. The van der Waals surface area contributed by atoms with Crippen molar-refractivity contribution in [3.63, 3.8) is 0 Å². The maximum absolute atomic E-state index is 9.91. The van der Waals surface area contributed by atoms with Gasteiger partial charge in [0, 0.05) is 6.92 Å². The monoisotopic (exact) mass is 210 g/mol. The lowest BCUT2D eigenvalue weighted by atomic mass is 10.1. The number of fused-ring (bicyclic) bond motifs is 1. The first-order valence-corrected chi connectivity index (χ1v) is 5.09. The zero-order valence-corrected chi connectivity index (χ0v) is 9.20. The maximum Gasteiger partial charge on any atom is 0.219 e. The van der Waals surface area contributed by atoms with E-state index < -0.39 is 6.29 Å². The van der Waals surface area contributed by atoms with Gasteiger partial charge in [-0.3, -0.25) is 0 Å². The minimum atomic E-state index is -0.437. The molecule has 0 aliphatic carbocycles. The molecule has 0 saturated carbocycles. The molecule has 82 valence electrons. The van der Waals surface area contributed by atoms with Crippen molar-refractivity contribution in [3.8, 4) is 5.75 Å². The van der Waals surface area contributed by atoms with E-state index in [-0.39, 0.29) is 11.9 Å². The van der Waals surface area contributed by atoms with Gasteiger partial charge in [-0.2, -0.15) is 0 Å². The second-order valence-electron chi connectivity index (χ2n) is 4.03. The molecule has 0 amide bonds. The van der Waals surface area contributed by atoms with Crippen molar-refractivity contribution >= 4 is 0 Å². The fourth-order valence-electron chi connectivity index (χ4n) is 1.68. The first kappa shape index (κ1) is 10.4. The molecule has 15 heavy (non-hydrogen) atoms. The van der Waals surface area contributed by atoms with Gasteiger partial charge in [0.25, 0.3) is 0 Å².